The molecule has 40 heavy (non-hydrogen) atoms. The highest BCUT2D eigenvalue weighted by molar-refractivity contribution is 7.92. The van der Waals surface area contributed by atoms with Gasteiger partial charge in [0.15, 0.2) is 0 Å². The summed E-state index contributed by atoms with van der Waals surface area (Å²) in [6, 6.07) is 16.9. The lowest BCUT2D eigenvalue weighted by atomic mass is 10.0. The molecule has 2 amide bonds. The molecule has 3 aromatic rings. The summed E-state index contributed by atoms with van der Waals surface area (Å²) in [4.78, 5) is 28.7. The van der Waals surface area contributed by atoms with Crippen molar-refractivity contribution in [3.63, 3.8) is 0 Å². The molecule has 0 aliphatic carbocycles. The Labute approximate surface area is 238 Å². The number of carbonyl (C=O) groups is 2. The van der Waals surface area contributed by atoms with Gasteiger partial charge >= 0.3 is 0 Å². The molecule has 0 fully saturated rings. The first kappa shape index (κ1) is 31.0. The molecule has 0 heterocycles. The van der Waals surface area contributed by atoms with Crippen molar-refractivity contribution < 1.29 is 26.8 Å². The average Bonchev–Trinajstić information content (AvgIpc) is 2.90. The molecule has 0 aliphatic heterocycles. The molecular formula is C29H32ClF2N3O4S. The first-order valence-corrected chi connectivity index (χ1v) is 14.9. The lowest BCUT2D eigenvalue weighted by Gasteiger charge is -2.33. The number of anilines is 1. The lowest BCUT2D eigenvalue weighted by Crippen LogP contribution is -2.53. The molecule has 0 aromatic heterocycles. The van der Waals surface area contributed by atoms with Crippen molar-refractivity contribution in [2.75, 3.05) is 23.7 Å². The second kappa shape index (κ2) is 13.7. The summed E-state index contributed by atoms with van der Waals surface area (Å²) in [5, 5.41) is 2.57. The van der Waals surface area contributed by atoms with Crippen LogP contribution in [0.25, 0.3) is 0 Å². The van der Waals surface area contributed by atoms with Crippen molar-refractivity contribution in [2.24, 2.45) is 5.92 Å². The molecule has 0 unspecified atom stereocenters. The van der Waals surface area contributed by atoms with E-state index in [1.165, 1.54) is 35.2 Å². The number of amides is 2. The van der Waals surface area contributed by atoms with Crippen molar-refractivity contribution in [3.8, 4) is 0 Å². The van der Waals surface area contributed by atoms with E-state index in [4.69, 9.17) is 11.6 Å². The number of benzene rings is 3. The molecule has 0 aliphatic rings. The predicted molar refractivity (Wildman–Crippen MR) is 152 cm³/mol. The summed E-state index contributed by atoms with van der Waals surface area (Å²) >= 11 is 5.89. The minimum atomic E-state index is -4.03. The Balaban J connectivity index is 2.05. The van der Waals surface area contributed by atoms with Crippen molar-refractivity contribution in [1.29, 1.82) is 0 Å². The van der Waals surface area contributed by atoms with Crippen molar-refractivity contribution in [2.45, 2.75) is 32.9 Å². The SMILES string of the molecule is CC(C)CNC(=O)[C@@H](Cc1ccccc1)N(Cc1ccc(F)cc1)C(=O)CN(c1ccc(F)c(Cl)c1)S(C)(=O)=O. The Morgan fingerprint density at radius 3 is 2.17 bits per heavy atom. The Morgan fingerprint density at radius 1 is 0.950 bits per heavy atom. The van der Waals surface area contributed by atoms with Crippen LogP contribution in [0.4, 0.5) is 14.5 Å². The Kier molecular flexibility index (Phi) is 10.6. The maximum atomic E-state index is 13.9. The second-order valence-electron chi connectivity index (χ2n) is 9.86. The molecule has 0 bridgehead atoms. The van der Waals surface area contributed by atoms with Gasteiger partial charge in [-0.25, -0.2) is 17.2 Å². The van der Waals surface area contributed by atoms with Crippen LogP contribution in [0.5, 0.6) is 0 Å². The summed E-state index contributed by atoms with van der Waals surface area (Å²) in [7, 11) is -4.03. The van der Waals surface area contributed by atoms with Gasteiger partial charge in [-0.1, -0.05) is 67.9 Å². The number of hydrogen-bond donors (Lipinski definition) is 1. The van der Waals surface area contributed by atoms with Gasteiger partial charge in [0.2, 0.25) is 21.8 Å². The zero-order chi connectivity index (χ0) is 29.4. The standard InChI is InChI=1S/C29H32ClF2N3O4S/c1-20(2)17-33-29(37)27(15-21-7-5-4-6-8-21)34(18-22-9-11-23(31)12-10-22)28(36)19-35(40(3,38)39)24-13-14-26(32)25(30)16-24/h4-14,16,20,27H,15,17-19H2,1-3H3,(H,33,37)/t27-/m1/s1. The molecular weight excluding hydrogens is 560 g/mol. The van der Waals surface area contributed by atoms with Crippen LogP contribution in [0, 0.1) is 17.6 Å². The minimum absolute atomic E-state index is 0.00662. The molecule has 7 nitrogen and oxygen atoms in total. The number of rotatable bonds is 12. The highest BCUT2D eigenvalue weighted by Gasteiger charge is 2.33. The summed E-state index contributed by atoms with van der Waals surface area (Å²) in [5.41, 5.74) is 1.32. The summed E-state index contributed by atoms with van der Waals surface area (Å²) in [5.74, 6) is -2.16. The lowest BCUT2D eigenvalue weighted by molar-refractivity contribution is -0.140. The van der Waals surface area contributed by atoms with Crippen LogP contribution in [-0.2, 0) is 32.6 Å². The summed E-state index contributed by atoms with van der Waals surface area (Å²) in [6.07, 6.45) is 1.07. The molecule has 11 heteroatoms. The van der Waals surface area contributed by atoms with Gasteiger partial charge in [-0.05, 0) is 47.4 Å². The average molecular weight is 592 g/mol. The van der Waals surface area contributed by atoms with E-state index in [0.29, 0.717) is 12.1 Å². The number of nitrogens with one attached hydrogen (secondary N) is 1. The van der Waals surface area contributed by atoms with E-state index >= 15 is 0 Å². The number of sulfonamides is 1. The van der Waals surface area contributed by atoms with Crippen LogP contribution in [0.15, 0.2) is 72.8 Å². The zero-order valence-corrected chi connectivity index (χ0v) is 24.1. The maximum Gasteiger partial charge on any atom is 0.244 e. The maximum absolute atomic E-state index is 13.9. The van der Waals surface area contributed by atoms with Gasteiger partial charge < -0.3 is 10.2 Å². The normalized spacial score (nSPS) is 12.2. The van der Waals surface area contributed by atoms with Gasteiger partial charge in [-0.2, -0.15) is 0 Å². The van der Waals surface area contributed by atoms with Crippen LogP contribution in [0.3, 0.4) is 0 Å². The van der Waals surface area contributed by atoms with Gasteiger partial charge in [0.05, 0.1) is 17.0 Å². The third-order valence-corrected chi connectivity index (χ3v) is 7.52. The fourth-order valence-corrected chi connectivity index (χ4v) is 5.03. The van der Waals surface area contributed by atoms with Crippen molar-refractivity contribution in [3.05, 3.63) is 101 Å². The minimum Gasteiger partial charge on any atom is -0.354 e. The fraction of sp³-hybridized carbons (Fsp3) is 0.310. The van der Waals surface area contributed by atoms with Crippen LogP contribution < -0.4 is 9.62 Å². The largest absolute Gasteiger partial charge is 0.354 e. The van der Waals surface area contributed by atoms with E-state index in [-0.39, 0.29) is 29.6 Å². The van der Waals surface area contributed by atoms with E-state index in [9.17, 15) is 26.8 Å². The van der Waals surface area contributed by atoms with E-state index in [0.717, 1.165) is 28.3 Å². The predicted octanol–water partition coefficient (Wildman–Crippen LogP) is 4.80. The van der Waals surface area contributed by atoms with E-state index < -0.39 is 46.1 Å². The van der Waals surface area contributed by atoms with Gasteiger partial charge in [-0.3, -0.25) is 13.9 Å². The molecule has 1 atom stereocenters. The van der Waals surface area contributed by atoms with Gasteiger partial charge in [-0.15, -0.1) is 0 Å². The number of nitrogens with zero attached hydrogens (tertiary/aromatic N) is 2. The van der Waals surface area contributed by atoms with Crippen LogP contribution in [0.1, 0.15) is 25.0 Å². The van der Waals surface area contributed by atoms with Crippen LogP contribution in [0.2, 0.25) is 5.02 Å². The fourth-order valence-electron chi connectivity index (χ4n) is 4.02. The zero-order valence-electron chi connectivity index (χ0n) is 22.5. The molecule has 214 valence electrons. The third kappa shape index (κ3) is 8.76. The van der Waals surface area contributed by atoms with Crippen LogP contribution >= 0.6 is 11.6 Å². The monoisotopic (exact) mass is 591 g/mol. The molecule has 3 aromatic carbocycles. The number of hydrogen-bond acceptors (Lipinski definition) is 4. The first-order valence-electron chi connectivity index (χ1n) is 12.6. The molecule has 0 saturated carbocycles. The topological polar surface area (TPSA) is 86.8 Å². The summed E-state index contributed by atoms with van der Waals surface area (Å²) < 4.78 is 53.7. The van der Waals surface area contributed by atoms with Crippen molar-refractivity contribution in [1.82, 2.24) is 10.2 Å². The van der Waals surface area contributed by atoms with Gasteiger partial charge in [0.1, 0.15) is 24.2 Å². The van der Waals surface area contributed by atoms with Crippen molar-refractivity contribution >= 4 is 39.1 Å². The molecule has 0 saturated heterocycles. The van der Waals surface area contributed by atoms with E-state index in [1.807, 2.05) is 44.2 Å². The smallest absolute Gasteiger partial charge is 0.244 e. The Bertz CT molecular complexity index is 1420. The highest BCUT2D eigenvalue weighted by atomic mass is 35.5. The van der Waals surface area contributed by atoms with Crippen LogP contribution in [-0.4, -0.2) is 50.5 Å². The molecule has 1 N–H and O–H groups in total. The number of carbonyl (C=O) groups excluding carboxylic acids is 2. The Morgan fingerprint density at radius 2 is 1.60 bits per heavy atom. The molecule has 3 rings (SSSR count). The molecule has 0 spiro atoms. The van der Waals surface area contributed by atoms with Gasteiger partial charge in [0.25, 0.3) is 0 Å². The van der Waals surface area contributed by atoms with Gasteiger partial charge in [0, 0.05) is 19.5 Å². The quantitative estimate of drug-likeness (QED) is 0.328. The first-order chi connectivity index (χ1) is 18.8. The summed E-state index contributed by atoms with van der Waals surface area (Å²) in [6.45, 7) is 3.47. The number of halogens is 3. The second-order valence-corrected chi connectivity index (χ2v) is 12.2. The van der Waals surface area contributed by atoms with E-state index in [1.54, 1.807) is 0 Å². The molecule has 0 radical (unpaired) electrons. The third-order valence-electron chi connectivity index (χ3n) is 6.09. The Hall–Kier alpha value is -3.50. The van der Waals surface area contributed by atoms with E-state index in [2.05, 4.69) is 5.32 Å². The highest BCUT2D eigenvalue weighted by Crippen LogP contribution is 2.25.